The van der Waals surface area contributed by atoms with Gasteiger partial charge in [-0.25, -0.2) is 20.4 Å². The van der Waals surface area contributed by atoms with E-state index in [1.807, 2.05) is 90.8 Å². The van der Waals surface area contributed by atoms with E-state index < -0.39 is 0 Å². The first-order valence-electron chi connectivity index (χ1n) is 42.1. The number of imidazole rings is 1. The number of benzene rings is 6. The van der Waals surface area contributed by atoms with Crippen molar-refractivity contribution in [3.63, 3.8) is 0 Å². The highest BCUT2D eigenvalue weighted by molar-refractivity contribution is 7.99. The lowest BCUT2D eigenvalue weighted by Crippen LogP contribution is -2.41. The lowest BCUT2D eigenvalue weighted by atomic mass is 9.89. The number of aromatic nitrogens is 9. The molecule has 15 N–H and O–H groups in total. The van der Waals surface area contributed by atoms with Crippen molar-refractivity contribution in [2.75, 3.05) is 186 Å². The van der Waals surface area contributed by atoms with Crippen LogP contribution in [0.25, 0.3) is 32.3 Å². The molecule has 0 unspecified atom stereocenters. The summed E-state index contributed by atoms with van der Waals surface area (Å²) >= 11 is 18.3. The van der Waals surface area contributed by atoms with E-state index in [1.165, 1.54) is 200 Å². The number of thiazole rings is 1. The average Bonchev–Trinajstić information content (AvgIpc) is 1.01. The number of anilines is 2. The zero-order chi connectivity index (χ0) is 82.6. The van der Waals surface area contributed by atoms with Gasteiger partial charge in [0.05, 0.1) is 66.4 Å². The highest BCUT2D eigenvalue weighted by Crippen LogP contribution is 2.35. The van der Waals surface area contributed by atoms with Crippen LogP contribution in [0, 0.1) is 19.5 Å². The number of piperidine rings is 3. The Morgan fingerprint density at radius 1 is 0.418 bits per heavy atom. The van der Waals surface area contributed by atoms with Crippen LogP contribution in [-0.2, 0) is 46.6 Å². The van der Waals surface area contributed by atoms with Crippen molar-refractivity contribution in [3.8, 4) is 0 Å². The minimum Gasteiger partial charge on any atom is -0.431 e. The lowest BCUT2D eigenvalue weighted by Gasteiger charge is -2.38. The van der Waals surface area contributed by atoms with E-state index in [4.69, 9.17) is 55.3 Å². The van der Waals surface area contributed by atoms with E-state index >= 15 is 0 Å². The fourth-order valence-corrected chi connectivity index (χ4v) is 15.9. The van der Waals surface area contributed by atoms with Gasteiger partial charge in [-0.05, 0) is 216 Å². The number of rotatable bonds is 0. The van der Waals surface area contributed by atoms with E-state index in [0.29, 0.717) is 9.61 Å². The number of oxazole rings is 1. The Morgan fingerprint density at radius 2 is 0.926 bits per heavy atom. The number of fused-ring (bicyclic) bond motifs is 8. The average molecular weight is 1770 g/mol. The Kier molecular flexibility index (Phi) is 55.9. The Morgan fingerprint density at radius 3 is 1.33 bits per heavy atom. The number of nitrogens with one attached hydrogen (secondary N) is 15. The third-order valence-corrected chi connectivity index (χ3v) is 22.3. The monoisotopic (exact) mass is 1770 g/mol. The summed E-state index contributed by atoms with van der Waals surface area (Å²) in [6.45, 7) is 29.6. The van der Waals surface area contributed by atoms with Crippen LogP contribution in [0.4, 0.5) is 11.4 Å². The van der Waals surface area contributed by atoms with E-state index in [2.05, 4.69) is 191 Å². The molecule has 25 rings (SSSR count). The SMILES string of the molecule is C.C.C.C1=CNNC1.C1CCNC1.C1CN2CCC1CC2.C1CNCCN1.C1CNNC1.C1COCCN1.C1COCCO1.C1CSCCN1.S=c1[nH]c2ccccc2[nH]1.S=c1[nH]c2ccccc2o1.S=c1[nH]c2ccccc2s1.c1cc2c3c(c1)CCCN3CCC2.c1ccc2c(c1)CCN2.c1ccc2c(c1)CNC2.c1ncncn1.c1nnco1. The van der Waals surface area contributed by atoms with E-state index in [-0.39, 0.29) is 22.3 Å². The molecule has 14 aliphatic heterocycles. The molecular formula is C90H138N22O5S5. The molecule has 0 atom stereocenters. The molecule has 32 heteroatoms. The molecule has 0 radical (unpaired) electrons. The van der Waals surface area contributed by atoms with Gasteiger partial charge in [-0.3, -0.25) is 10.9 Å². The van der Waals surface area contributed by atoms with Crippen molar-refractivity contribution in [1.29, 1.82) is 0 Å². The highest BCUT2D eigenvalue weighted by Gasteiger charge is 2.25. The molecule has 9 saturated heterocycles. The second kappa shape index (κ2) is 66.4. The van der Waals surface area contributed by atoms with Crippen LogP contribution in [0.1, 0.15) is 101 Å². The molecule has 6 aromatic carbocycles. The molecule has 0 spiro atoms. The molecule has 19 heterocycles. The number of H-pyrrole nitrogens is 4. The molecule has 14 aliphatic rings. The number of ether oxygens (including phenoxy) is 3. The van der Waals surface area contributed by atoms with Crippen molar-refractivity contribution in [2.45, 2.75) is 106 Å². The van der Waals surface area contributed by atoms with Gasteiger partial charge in [0.2, 0.25) is 12.8 Å². The second-order valence-electron chi connectivity index (χ2n) is 28.5. The molecule has 122 heavy (non-hydrogen) atoms. The number of thioether (sulfide) groups is 1. The summed E-state index contributed by atoms with van der Waals surface area (Å²) in [6, 6.07) is 47.5. The Bertz CT molecular complexity index is 3940. The summed E-state index contributed by atoms with van der Waals surface area (Å²) in [4.78, 5) is 28.3. The molecule has 0 aliphatic carbocycles. The van der Waals surface area contributed by atoms with Gasteiger partial charge in [-0.1, -0.05) is 125 Å². The molecule has 0 amide bonds. The number of aromatic amines is 4. The normalized spacial score (nSPS) is 18.0. The van der Waals surface area contributed by atoms with Crippen LogP contribution < -0.4 is 63.8 Å². The summed E-state index contributed by atoms with van der Waals surface area (Å²) in [6.07, 6.45) is 25.7. The first-order chi connectivity index (χ1) is 58.9. The molecule has 9 fully saturated rings. The first-order valence-corrected chi connectivity index (χ1v) is 45.3. The van der Waals surface area contributed by atoms with E-state index in [0.717, 1.165) is 156 Å². The number of nitrogens with zero attached hydrogens (tertiary/aromatic N) is 7. The Balaban J connectivity index is 0.000000203. The maximum Gasteiger partial charge on any atom is 0.266 e. The first kappa shape index (κ1) is 103. The van der Waals surface area contributed by atoms with Crippen LogP contribution in [0.5, 0.6) is 0 Å². The number of morpholine rings is 1. The van der Waals surface area contributed by atoms with E-state index in [9.17, 15) is 0 Å². The van der Waals surface area contributed by atoms with Gasteiger partial charge >= 0.3 is 0 Å². The van der Waals surface area contributed by atoms with Gasteiger partial charge in [-0.15, -0.1) is 21.5 Å². The van der Waals surface area contributed by atoms with Gasteiger partial charge < -0.3 is 95.4 Å². The third kappa shape index (κ3) is 43.5. The number of piperazine rings is 1. The predicted octanol–water partition coefficient (Wildman–Crippen LogP) is 14.6. The summed E-state index contributed by atoms with van der Waals surface area (Å²) in [7, 11) is 0. The minimum atomic E-state index is 0. The van der Waals surface area contributed by atoms with Crippen LogP contribution >= 0.6 is 59.8 Å². The van der Waals surface area contributed by atoms with Gasteiger partial charge in [-0.2, -0.15) is 11.8 Å². The molecule has 668 valence electrons. The largest absolute Gasteiger partial charge is 0.431 e. The van der Waals surface area contributed by atoms with E-state index in [1.54, 1.807) is 28.2 Å². The molecule has 5 aromatic heterocycles. The smallest absolute Gasteiger partial charge is 0.266 e. The molecular weight excluding hydrogens is 1630 g/mol. The maximum absolute atomic E-state index is 5.13. The molecule has 0 saturated carbocycles. The van der Waals surface area contributed by atoms with Crippen molar-refractivity contribution < 1.29 is 23.0 Å². The van der Waals surface area contributed by atoms with Crippen molar-refractivity contribution in [2.24, 2.45) is 5.92 Å². The van der Waals surface area contributed by atoms with Crippen molar-refractivity contribution >= 4 is 103 Å². The van der Waals surface area contributed by atoms with Crippen LogP contribution in [0.3, 0.4) is 0 Å². The van der Waals surface area contributed by atoms with Crippen LogP contribution in [0.15, 0.2) is 192 Å². The molecule has 27 nitrogen and oxygen atoms in total. The van der Waals surface area contributed by atoms with Crippen LogP contribution in [0.2, 0.25) is 0 Å². The topological polar surface area (TPSA) is 320 Å². The lowest BCUT2D eigenvalue weighted by molar-refractivity contribution is -0.0334. The number of hydrazine groups is 2. The fraction of sp³-hybridized carbons (Fsp3) is 0.489. The summed E-state index contributed by atoms with van der Waals surface area (Å²) in [5.41, 5.74) is 27.1. The summed E-state index contributed by atoms with van der Waals surface area (Å²) in [5.74, 6) is 3.72. The fourth-order valence-electron chi connectivity index (χ4n) is 13.6. The number of para-hydroxylation sites is 7. The van der Waals surface area contributed by atoms with Gasteiger partial charge in [0.15, 0.2) is 14.3 Å². The van der Waals surface area contributed by atoms with Crippen molar-refractivity contribution in [3.05, 3.63) is 225 Å². The second-order valence-corrected chi connectivity index (χ2v) is 32.2. The number of aryl methyl sites for hydroxylation is 2. The van der Waals surface area contributed by atoms with Gasteiger partial charge in [0, 0.05) is 134 Å². The zero-order valence-electron chi connectivity index (χ0n) is 68.9. The maximum atomic E-state index is 5.13. The third-order valence-electron chi connectivity index (χ3n) is 19.7. The Hall–Kier alpha value is -8.07. The highest BCUT2D eigenvalue weighted by atomic mass is 32.2. The summed E-state index contributed by atoms with van der Waals surface area (Å²) in [5, 5.41) is 29.3. The molecule has 11 aromatic rings. The number of hydrogen-bond donors (Lipinski definition) is 15. The molecule has 2 bridgehead atoms. The quantitative estimate of drug-likeness (QED) is 0.0627. The predicted molar refractivity (Wildman–Crippen MR) is 515 cm³/mol. The number of hydrogen-bond acceptors (Lipinski definition) is 28. The van der Waals surface area contributed by atoms with Crippen LogP contribution in [-0.4, -0.2) is 225 Å². The van der Waals surface area contributed by atoms with Gasteiger partial charge in [0.1, 0.15) is 19.0 Å². The standard InChI is InChI=1S/C12H15N.2C8H9N.C7H6N2S.C7H5NOS.C7H5NS2.C7H13N.C4H10N2.C4H9NO.C4H9NS.C4H9N.C4H8O2.C3H3N3.C3H8N2.C3H6N2.C2H2N2O.3CH4/c1-4-10-6-2-8-13-9-3-7-11(5-1)12(10)13;1-2-4-8-6-9-5-7(8)3-1;1-2-4-8-7(3-1)5-6-9-8;2*10-7-8-5-3-1-2-4-6(5)9-7;9-7-8-5-3-1-2-4-6(5)10-7;1-4-8-5-2-7(1)3-6-8;1-2-6-4-3-5-1;2*1-3-6-4-2-5-1;1-2-4-5-3-1;1-2-6-4-3-5-1;1-4-2-6-3-5-1;2*1-2-4-5-3-1;1-3-4-2-5-1;;;/h1,4-5H,2-3,6-9H2;2*1-4,9H,5-6H2;1-4H,(H2,8,9,10);1-4H,(H,8,10);1-4H,(H,8,9);7H,1-6H2;5-6H,1-4H2;2*5H,1-4H2;5H,1-4H2;1-4H2;1-3H;4-5H,1-3H2;1-2,4-5H,3H2;1-2H;3*1H4. The summed E-state index contributed by atoms with van der Waals surface area (Å²) < 4.78 is 27.1. The Labute approximate surface area is 747 Å². The zero-order valence-corrected chi connectivity index (χ0v) is 73.0. The van der Waals surface area contributed by atoms with Gasteiger partial charge in [0.25, 0.3) is 4.84 Å². The minimum absolute atomic E-state index is 0. The van der Waals surface area contributed by atoms with Crippen molar-refractivity contribution in [1.82, 2.24) is 104 Å².